The Bertz CT molecular complexity index is 738. The number of carbonyl (C=O) groups is 3. The summed E-state index contributed by atoms with van der Waals surface area (Å²) in [7, 11) is 1.60. The second kappa shape index (κ2) is 10.3. The molecule has 0 aromatic heterocycles. The Labute approximate surface area is 177 Å². The molecule has 9 heteroatoms. The Morgan fingerprint density at radius 2 is 1.60 bits per heavy atom. The molecule has 1 aromatic rings. The lowest BCUT2D eigenvalue weighted by Crippen LogP contribution is -2.53. The number of nitrogens with zero attached hydrogens (tertiary/aromatic N) is 3. The van der Waals surface area contributed by atoms with Gasteiger partial charge in [-0.2, -0.15) is 0 Å². The molecule has 0 unspecified atom stereocenters. The minimum absolute atomic E-state index is 0.0476. The fourth-order valence-electron chi connectivity index (χ4n) is 3.81. The normalized spacial score (nSPS) is 18.1. The molecular weight excluding hydrogens is 386 g/mol. The van der Waals surface area contributed by atoms with Gasteiger partial charge in [0.2, 0.25) is 11.8 Å². The third kappa shape index (κ3) is 6.09. The Morgan fingerprint density at radius 1 is 0.967 bits per heavy atom. The van der Waals surface area contributed by atoms with Gasteiger partial charge in [0, 0.05) is 57.9 Å². The fourth-order valence-corrected chi connectivity index (χ4v) is 3.81. The van der Waals surface area contributed by atoms with Crippen molar-refractivity contribution in [1.82, 2.24) is 20.0 Å². The van der Waals surface area contributed by atoms with Crippen molar-refractivity contribution in [2.24, 2.45) is 0 Å². The predicted molar refractivity (Wildman–Crippen MR) is 113 cm³/mol. The molecule has 2 fully saturated rings. The first-order valence-corrected chi connectivity index (χ1v) is 10.4. The van der Waals surface area contributed by atoms with Gasteiger partial charge in [-0.3, -0.25) is 14.5 Å². The summed E-state index contributed by atoms with van der Waals surface area (Å²) < 4.78 is 5.11. The van der Waals surface area contributed by atoms with Crippen LogP contribution in [0.15, 0.2) is 24.3 Å². The van der Waals surface area contributed by atoms with E-state index in [4.69, 9.17) is 4.74 Å². The molecule has 1 aromatic carbocycles. The number of anilines is 1. The van der Waals surface area contributed by atoms with E-state index in [0.29, 0.717) is 38.4 Å². The Morgan fingerprint density at radius 3 is 2.17 bits per heavy atom. The quantitative estimate of drug-likeness (QED) is 0.745. The van der Waals surface area contributed by atoms with Gasteiger partial charge in [0.05, 0.1) is 13.7 Å². The maximum absolute atomic E-state index is 12.6. The average molecular weight is 418 g/mol. The number of urea groups is 1. The van der Waals surface area contributed by atoms with Crippen molar-refractivity contribution in [1.29, 1.82) is 0 Å². The van der Waals surface area contributed by atoms with E-state index in [0.717, 1.165) is 31.7 Å². The minimum atomic E-state index is -0.242. The van der Waals surface area contributed by atoms with Crippen molar-refractivity contribution in [2.45, 2.75) is 25.8 Å². The van der Waals surface area contributed by atoms with Gasteiger partial charge in [-0.1, -0.05) is 0 Å². The number of hydrogen-bond acceptors (Lipinski definition) is 5. The van der Waals surface area contributed by atoms with E-state index in [-0.39, 0.29) is 23.9 Å². The maximum Gasteiger partial charge on any atom is 0.319 e. The smallest absolute Gasteiger partial charge is 0.319 e. The highest BCUT2D eigenvalue weighted by Gasteiger charge is 2.26. The Hall–Kier alpha value is -2.81. The largest absolute Gasteiger partial charge is 0.497 e. The molecule has 2 saturated heterocycles. The monoisotopic (exact) mass is 417 g/mol. The molecule has 0 bridgehead atoms. The fraction of sp³-hybridized carbons (Fsp3) is 0.571. The van der Waals surface area contributed by atoms with Crippen LogP contribution in [0.3, 0.4) is 0 Å². The highest BCUT2D eigenvalue weighted by molar-refractivity contribution is 5.89. The molecule has 3 rings (SSSR count). The first-order chi connectivity index (χ1) is 14.4. The summed E-state index contributed by atoms with van der Waals surface area (Å²) in [6, 6.07) is 6.96. The molecule has 2 aliphatic heterocycles. The molecule has 30 heavy (non-hydrogen) atoms. The molecule has 0 atom stereocenters. The number of benzene rings is 1. The lowest BCUT2D eigenvalue weighted by Gasteiger charge is -2.36. The van der Waals surface area contributed by atoms with Crippen LogP contribution in [0.2, 0.25) is 0 Å². The lowest BCUT2D eigenvalue weighted by atomic mass is 10.1. The minimum Gasteiger partial charge on any atom is -0.497 e. The number of piperidine rings is 1. The number of piperazine rings is 1. The number of amides is 4. The zero-order chi connectivity index (χ0) is 21.5. The van der Waals surface area contributed by atoms with Crippen LogP contribution in [0, 0.1) is 0 Å². The molecule has 0 spiro atoms. The third-order valence-corrected chi connectivity index (χ3v) is 5.71. The van der Waals surface area contributed by atoms with E-state index in [2.05, 4.69) is 15.5 Å². The van der Waals surface area contributed by atoms with Crippen LogP contribution < -0.4 is 15.4 Å². The molecular formula is C21H31N5O4. The van der Waals surface area contributed by atoms with Gasteiger partial charge in [-0.05, 0) is 37.1 Å². The second-order valence-electron chi connectivity index (χ2n) is 7.76. The van der Waals surface area contributed by atoms with Gasteiger partial charge >= 0.3 is 6.03 Å². The first-order valence-electron chi connectivity index (χ1n) is 10.4. The van der Waals surface area contributed by atoms with E-state index < -0.39 is 0 Å². The molecule has 2 aliphatic rings. The molecule has 0 saturated carbocycles. The van der Waals surface area contributed by atoms with Crippen molar-refractivity contribution in [3.05, 3.63) is 24.3 Å². The van der Waals surface area contributed by atoms with Crippen LogP contribution in [0.25, 0.3) is 0 Å². The molecule has 0 radical (unpaired) electrons. The van der Waals surface area contributed by atoms with E-state index in [9.17, 15) is 14.4 Å². The third-order valence-electron chi connectivity index (χ3n) is 5.71. The van der Waals surface area contributed by atoms with Crippen molar-refractivity contribution in [3.63, 3.8) is 0 Å². The lowest BCUT2D eigenvalue weighted by molar-refractivity contribution is -0.135. The van der Waals surface area contributed by atoms with Gasteiger partial charge in [0.15, 0.2) is 0 Å². The first kappa shape index (κ1) is 21.9. The number of nitrogens with one attached hydrogen (secondary N) is 2. The van der Waals surface area contributed by atoms with E-state index >= 15 is 0 Å². The predicted octanol–water partition coefficient (Wildman–Crippen LogP) is 0.972. The van der Waals surface area contributed by atoms with Gasteiger partial charge < -0.3 is 25.2 Å². The second-order valence-corrected chi connectivity index (χ2v) is 7.76. The van der Waals surface area contributed by atoms with Crippen molar-refractivity contribution in [3.8, 4) is 5.75 Å². The van der Waals surface area contributed by atoms with Gasteiger partial charge in [-0.25, -0.2) is 4.79 Å². The molecule has 164 valence electrons. The van der Waals surface area contributed by atoms with Gasteiger partial charge in [0.1, 0.15) is 5.75 Å². The number of ether oxygens (including phenoxy) is 1. The Balaban J connectivity index is 1.36. The van der Waals surface area contributed by atoms with Crippen LogP contribution in [0.4, 0.5) is 10.5 Å². The van der Waals surface area contributed by atoms with E-state index in [1.165, 1.54) is 0 Å². The van der Waals surface area contributed by atoms with Crippen LogP contribution in [0.1, 0.15) is 19.8 Å². The number of carbonyl (C=O) groups excluding carboxylic acids is 3. The van der Waals surface area contributed by atoms with Crippen molar-refractivity contribution < 1.29 is 19.1 Å². The molecule has 4 amide bonds. The Kier molecular flexibility index (Phi) is 7.51. The molecule has 2 heterocycles. The van der Waals surface area contributed by atoms with Gasteiger partial charge in [-0.15, -0.1) is 0 Å². The number of rotatable bonds is 5. The maximum atomic E-state index is 12.6. The summed E-state index contributed by atoms with van der Waals surface area (Å²) in [4.78, 5) is 42.0. The van der Waals surface area contributed by atoms with Crippen LogP contribution >= 0.6 is 0 Å². The van der Waals surface area contributed by atoms with Crippen molar-refractivity contribution >= 4 is 23.5 Å². The number of hydrogen-bond donors (Lipinski definition) is 2. The van der Waals surface area contributed by atoms with Crippen LogP contribution in [-0.4, -0.2) is 91.5 Å². The number of likely N-dealkylation sites (tertiary alicyclic amines) is 1. The van der Waals surface area contributed by atoms with Crippen LogP contribution in [0.5, 0.6) is 5.75 Å². The number of methoxy groups -OCH3 is 1. The summed E-state index contributed by atoms with van der Waals surface area (Å²) >= 11 is 0. The van der Waals surface area contributed by atoms with E-state index in [1.54, 1.807) is 38.3 Å². The summed E-state index contributed by atoms with van der Waals surface area (Å²) in [5, 5.41) is 5.80. The zero-order valence-corrected chi connectivity index (χ0v) is 17.7. The molecule has 2 N–H and O–H groups in total. The highest BCUT2D eigenvalue weighted by atomic mass is 16.5. The zero-order valence-electron chi connectivity index (χ0n) is 17.7. The molecule has 9 nitrogen and oxygen atoms in total. The summed E-state index contributed by atoms with van der Waals surface area (Å²) in [5.41, 5.74) is 0.700. The topological polar surface area (TPSA) is 94.2 Å². The van der Waals surface area contributed by atoms with Crippen LogP contribution in [-0.2, 0) is 9.59 Å². The van der Waals surface area contributed by atoms with E-state index in [1.807, 2.05) is 9.80 Å². The van der Waals surface area contributed by atoms with Gasteiger partial charge in [0.25, 0.3) is 0 Å². The van der Waals surface area contributed by atoms with Crippen molar-refractivity contribution in [2.75, 3.05) is 58.2 Å². The SMILES string of the molecule is COc1ccc(NC(=O)NC2CCN(C(=O)CN3CCN(C(C)=O)CC3)CC2)cc1. The molecule has 0 aliphatic carbocycles. The summed E-state index contributed by atoms with van der Waals surface area (Å²) in [5.74, 6) is 0.942. The highest BCUT2D eigenvalue weighted by Crippen LogP contribution is 2.16. The standard InChI is InChI=1S/C21H31N5O4/c1-16(27)25-13-11-24(12-14-25)15-20(28)26-9-7-18(8-10-26)23-21(29)22-17-3-5-19(30-2)6-4-17/h3-6,18H,7-15H2,1-2H3,(H2,22,23,29). The summed E-state index contributed by atoms with van der Waals surface area (Å²) in [6.07, 6.45) is 1.47. The average Bonchev–Trinajstić information content (AvgIpc) is 2.75. The summed E-state index contributed by atoms with van der Waals surface area (Å²) in [6.45, 7) is 6.07.